The number of aromatic nitrogens is 2. The quantitative estimate of drug-likeness (QED) is 0.654. The molecule has 1 aromatic heterocycles. The summed E-state index contributed by atoms with van der Waals surface area (Å²) in [5, 5.41) is 4.35. The standard InChI is InChI=1S/C11H9ClN4/c12-10-7-13-8-11(15-10)16-14-6-9-4-2-1-3-5-9/h1-8H,(H,15,16). The van der Waals surface area contributed by atoms with E-state index in [-0.39, 0.29) is 0 Å². The fraction of sp³-hybridized carbons (Fsp3) is 0. The Morgan fingerprint density at radius 3 is 2.75 bits per heavy atom. The van der Waals surface area contributed by atoms with E-state index in [4.69, 9.17) is 11.6 Å². The van der Waals surface area contributed by atoms with Crippen molar-refractivity contribution in [1.82, 2.24) is 9.97 Å². The molecule has 80 valence electrons. The molecule has 0 bridgehead atoms. The fourth-order valence-corrected chi connectivity index (χ4v) is 1.26. The van der Waals surface area contributed by atoms with E-state index in [1.165, 1.54) is 6.20 Å². The number of benzene rings is 1. The van der Waals surface area contributed by atoms with Crippen LogP contribution < -0.4 is 5.43 Å². The first kappa shape index (κ1) is 10.6. The maximum Gasteiger partial charge on any atom is 0.166 e. The third kappa shape index (κ3) is 3.03. The number of nitrogens with zero attached hydrogens (tertiary/aromatic N) is 3. The zero-order valence-corrected chi connectivity index (χ0v) is 9.09. The van der Waals surface area contributed by atoms with E-state index in [1.54, 1.807) is 12.4 Å². The summed E-state index contributed by atoms with van der Waals surface area (Å²) < 4.78 is 0. The molecular formula is C11H9ClN4. The van der Waals surface area contributed by atoms with Gasteiger partial charge in [0.25, 0.3) is 0 Å². The molecule has 1 N–H and O–H groups in total. The van der Waals surface area contributed by atoms with Gasteiger partial charge in [0.05, 0.1) is 18.6 Å². The van der Waals surface area contributed by atoms with Crippen molar-refractivity contribution in [1.29, 1.82) is 0 Å². The molecule has 0 saturated heterocycles. The lowest BCUT2D eigenvalue weighted by Crippen LogP contribution is -1.94. The van der Waals surface area contributed by atoms with Crippen molar-refractivity contribution in [3.63, 3.8) is 0 Å². The predicted octanol–water partition coefficient (Wildman–Crippen LogP) is 2.58. The molecule has 0 atom stereocenters. The lowest BCUT2D eigenvalue weighted by Gasteiger charge is -1.97. The molecule has 2 aromatic rings. The SMILES string of the molecule is Clc1cncc(NN=Cc2ccccc2)n1. The van der Waals surface area contributed by atoms with Crippen molar-refractivity contribution in [2.24, 2.45) is 5.10 Å². The Bertz CT molecular complexity index is 484. The van der Waals surface area contributed by atoms with Crippen molar-refractivity contribution < 1.29 is 0 Å². The second kappa shape index (κ2) is 5.23. The van der Waals surface area contributed by atoms with E-state index in [1.807, 2.05) is 30.3 Å². The monoisotopic (exact) mass is 232 g/mol. The maximum absolute atomic E-state index is 5.68. The summed E-state index contributed by atoms with van der Waals surface area (Å²) in [5.41, 5.74) is 3.75. The van der Waals surface area contributed by atoms with Gasteiger partial charge in [-0.05, 0) is 5.56 Å². The number of hydrogen-bond donors (Lipinski definition) is 1. The second-order valence-corrected chi connectivity index (χ2v) is 3.39. The molecule has 0 spiro atoms. The zero-order valence-electron chi connectivity index (χ0n) is 8.34. The average Bonchev–Trinajstić information content (AvgIpc) is 2.30. The fourth-order valence-electron chi connectivity index (χ4n) is 1.11. The summed E-state index contributed by atoms with van der Waals surface area (Å²) >= 11 is 5.68. The molecule has 0 aliphatic carbocycles. The normalized spacial score (nSPS) is 10.6. The first-order chi connectivity index (χ1) is 7.84. The van der Waals surface area contributed by atoms with Crippen LogP contribution in [0.1, 0.15) is 5.56 Å². The first-order valence-corrected chi connectivity index (χ1v) is 5.04. The Hall–Kier alpha value is -1.94. The first-order valence-electron chi connectivity index (χ1n) is 4.66. The number of rotatable bonds is 3. The van der Waals surface area contributed by atoms with E-state index >= 15 is 0 Å². The number of hydrogen-bond acceptors (Lipinski definition) is 4. The van der Waals surface area contributed by atoms with Gasteiger partial charge in [0.15, 0.2) is 5.82 Å². The van der Waals surface area contributed by atoms with Crippen molar-refractivity contribution in [2.45, 2.75) is 0 Å². The van der Waals surface area contributed by atoms with E-state index in [2.05, 4.69) is 20.5 Å². The van der Waals surface area contributed by atoms with Crippen LogP contribution >= 0.6 is 11.6 Å². The van der Waals surface area contributed by atoms with Crippen LogP contribution in [0.2, 0.25) is 5.15 Å². The Labute approximate surface area is 98.0 Å². The molecule has 0 saturated carbocycles. The molecule has 0 unspecified atom stereocenters. The highest BCUT2D eigenvalue weighted by Crippen LogP contribution is 2.06. The van der Waals surface area contributed by atoms with Gasteiger partial charge in [0.2, 0.25) is 0 Å². The summed E-state index contributed by atoms with van der Waals surface area (Å²) in [6.07, 6.45) is 4.71. The Morgan fingerprint density at radius 1 is 1.19 bits per heavy atom. The zero-order chi connectivity index (χ0) is 11.2. The molecule has 1 heterocycles. The molecule has 0 amide bonds. The minimum atomic E-state index is 0.333. The lowest BCUT2D eigenvalue weighted by molar-refractivity contribution is 1.16. The third-order valence-electron chi connectivity index (χ3n) is 1.80. The van der Waals surface area contributed by atoms with Gasteiger partial charge in [-0.2, -0.15) is 5.10 Å². The highest BCUT2D eigenvalue weighted by atomic mass is 35.5. The lowest BCUT2D eigenvalue weighted by atomic mass is 10.2. The van der Waals surface area contributed by atoms with E-state index in [0.717, 1.165) is 5.56 Å². The van der Waals surface area contributed by atoms with Gasteiger partial charge >= 0.3 is 0 Å². The molecule has 2 rings (SSSR count). The molecule has 4 nitrogen and oxygen atoms in total. The molecule has 0 fully saturated rings. The van der Waals surface area contributed by atoms with Crippen LogP contribution in [-0.4, -0.2) is 16.2 Å². The summed E-state index contributed by atoms with van der Waals surface area (Å²) in [4.78, 5) is 7.86. The smallest absolute Gasteiger partial charge is 0.166 e. The summed E-state index contributed by atoms with van der Waals surface area (Å²) in [7, 11) is 0. The van der Waals surface area contributed by atoms with Gasteiger partial charge in [-0.3, -0.25) is 10.4 Å². The predicted molar refractivity (Wildman–Crippen MR) is 64.7 cm³/mol. The Morgan fingerprint density at radius 2 is 2.00 bits per heavy atom. The van der Waals surface area contributed by atoms with Crippen molar-refractivity contribution in [2.75, 3.05) is 5.43 Å². The van der Waals surface area contributed by atoms with Gasteiger partial charge in [-0.25, -0.2) is 4.98 Å². The van der Waals surface area contributed by atoms with E-state index < -0.39 is 0 Å². The molecule has 5 heteroatoms. The van der Waals surface area contributed by atoms with E-state index in [9.17, 15) is 0 Å². The average molecular weight is 233 g/mol. The molecule has 16 heavy (non-hydrogen) atoms. The van der Waals surface area contributed by atoms with Crippen LogP contribution in [0.5, 0.6) is 0 Å². The summed E-state index contributed by atoms with van der Waals surface area (Å²) in [5.74, 6) is 0.514. The van der Waals surface area contributed by atoms with Gasteiger partial charge < -0.3 is 0 Å². The second-order valence-electron chi connectivity index (χ2n) is 3.01. The van der Waals surface area contributed by atoms with Crippen molar-refractivity contribution >= 4 is 23.6 Å². The van der Waals surface area contributed by atoms with Gasteiger partial charge in [-0.15, -0.1) is 0 Å². The van der Waals surface area contributed by atoms with Crippen LogP contribution in [0.3, 0.4) is 0 Å². The van der Waals surface area contributed by atoms with Crippen LogP contribution in [0.15, 0.2) is 47.8 Å². The Kier molecular flexibility index (Phi) is 3.46. The number of nitrogens with one attached hydrogen (secondary N) is 1. The molecular weight excluding hydrogens is 224 g/mol. The van der Waals surface area contributed by atoms with Crippen LogP contribution in [-0.2, 0) is 0 Å². The van der Waals surface area contributed by atoms with Gasteiger partial charge in [0.1, 0.15) is 5.15 Å². The number of halogens is 1. The minimum absolute atomic E-state index is 0.333. The third-order valence-corrected chi connectivity index (χ3v) is 1.98. The Balaban J connectivity index is 2.00. The van der Waals surface area contributed by atoms with Gasteiger partial charge in [-0.1, -0.05) is 41.9 Å². The minimum Gasteiger partial charge on any atom is -0.260 e. The number of anilines is 1. The highest BCUT2D eigenvalue weighted by molar-refractivity contribution is 6.29. The van der Waals surface area contributed by atoms with Crippen molar-refractivity contribution in [3.8, 4) is 0 Å². The maximum atomic E-state index is 5.68. The molecule has 0 radical (unpaired) electrons. The topological polar surface area (TPSA) is 50.2 Å². The molecule has 0 aliphatic rings. The van der Waals surface area contributed by atoms with Crippen LogP contribution in [0, 0.1) is 0 Å². The van der Waals surface area contributed by atoms with E-state index in [0.29, 0.717) is 11.0 Å². The number of hydrazone groups is 1. The van der Waals surface area contributed by atoms with Crippen molar-refractivity contribution in [3.05, 3.63) is 53.4 Å². The molecule has 1 aromatic carbocycles. The van der Waals surface area contributed by atoms with Gasteiger partial charge in [0, 0.05) is 0 Å². The summed E-state index contributed by atoms with van der Waals surface area (Å²) in [6, 6.07) is 9.75. The van der Waals surface area contributed by atoms with Crippen LogP contribution in [0.25, 0.3) is 0 Å². The van der Waals surface area contributed by atoms with Crippen LogP contribution in [0.4, 0.5) is 5.82 Å². The largest absolute Gasteiger partial charge is 0.260 e. The summed E-state index contributed by atoms with van der Waals surface area (Å²) in [6.45, 7) is 0. The molecule has 0 aliphatic heterocycles. The highest BCUT2D eigenvalue weighted by Gasteiger charge is 1.92.